The van der Waals surface area contributed by atoms with E-state index in [-0.39, 0.29) is 23.7 Å². The number of rotatable bonds is 10. The summed E-state index contributed by atoms with van der Waals surface area (Å²) in [6.07, 6.45) is 10.1. The molecule has 3 fully saturated rings. The van der Waals surface area contributed by atoms with Gasteiger partial charge in [0.1, 0.15) is 0 Å². The minimum Gasteiger partial charge on any atom is -0.378 e. The van der Waals surface area contributed by atoms with Crippen molar-refractivity contribution < 1.29 is 19.1 Å². The first-order valence-corrected chi connectivity index (χ1v) is 14.1. The monoisotopic (exact) mass is 478 g/mol. The van der Waals surface area contributed by atoms with Crippen molar-refractivity contribution in [2.24, 2.45) is 23.7 Å². The summed E-state index contributed by atoms with van der Waals surface area (Å²) in [6, 6.07) is 0. The van der Waals surface area contributed by atoms with Gasteiger partial charge in [-0.1, -0.05) is 34.1 Å². The number of hydrogen-bond donors (Lipinski definition) is 0. The maximum Gasteiger partial charge on any atom is 0.225 e. The molecule has 2 aliphatic heterocycles. The Morgan fingerprint density at radius 3 is 1.41 bits per heavy atom. The third-order valence-electron chi connectivity index (χ3n) is 7.98. The van der Waals surface area contributed by atoms with Crippen LogP contribution in [0.1, 0.15) is 91.9 Å². The van der Waals surface area contributed by atoms with Crippen molar-refractivity contribution in [1.82, 2.24) is 9.80 Å². The van der Waals surface area contributed by atoms with E-state index < -0.39 is 0 Å². The summed E-state index contributed by atoms with van der Waals surface area (Å²) < 4.78 is 12.1. The molecule has 6 nitrogen and oxygen atoms in total. The Hall–Kier alpha value is -1.14. The van der Waals surface area contributed by atoms with E-state index in [1.807, 2.05) is 9.80 Å². The van der Waals surface area contributed by atoms with Crippen LogP contribution in [0.3, 0.4) is 0 Å². The van der Waals surface area contributed by atoms with Crippen LogP contribution in [0.25, 0.3) is 0 Å². The van der Waals surface area contributed by atoms with Crippen LogP contribution in [-0.4, -0.2) is 73.2 Å². The number of likely N-dealkylation sites (tertiary alicyclic amines) is 2. The van der Waals surface area contributed by atoms with Gasteiger partial charge in [0.2, 0.25) is 11.8 Å². The molecule has 0 N–H and O–H groups in total. The summed E-state index contributed by atoms with van der Waals surface area (Å²) in [5.74, 6) is 1.90. The second kappa shape index (κ2) is 13.8. The summed E-state index contributed by atoms with van der Waals surface area (Å²) in [6.45, 7) is 13.7. The van der Waals surface area contributed by atoms with E-state index >= 15 is 0 Å². The van der Waals surface area contributed by atoms with Gasteiger partial charge >= 0.3 is 0 Å². The molecule has 3 aliphatic rings. The molecule has 0 spiro atoms. The smallest absolute Gasteiger partial charge is 0.225 e. The van der Waals surface area contributed by atoms with Crippen molar-refractivity contribution in [2.75, 3.05) is 39.4 Å². The highest BCUT2D eigenvalue weighted by Gasteiger charge is 2.37. The van der Waals surface area contributed by atoms with Crippen LogP contribution in [0.2, 0.25) is 0 Å². The van der Waals surface area contributed by atoms with Gasteiger partial charge in [-0.3, -0.25) is 9.59 Å². The molecule has 34 heavy (non-hydrogen) atoms. The average Bonchev–Trinajstić information content (AvgIpc) is 2.84. The van der Waals surface area contributed by atoms with Crippen molar-refractivity contribution >= 4 is 11.8 Å². The van der Waals surface area contributed by atoms with Crippen molar-refractivity contribution in [2.45, 2.75) is 104 Å². The average molecular weight is 479 g/mol. The topological polar surface area (TPSA) is 59.1 Å². The maximum absolute atomic E-state index is 13.2. The summed E-state index contributed by atoms with van der Waals surface area (Å²) >= 11 is 0. The van der Waals surface area contributed by atoms with Gasteiger partial charge in [-0.05, 0) is 69.6 Å². The van der Waals surface area contributed by atoms with Gasteiger partial charge < -0.3 is 19.3 Å². The number of carbonyl (C=O) groups is 2. The van der Waals surface area contributed by atoms with Crippen molar-refractivity contribution in [1.29, 1.82) is 0 Å². The second-order valence-corrected chi connectivity index (χ2v) is 11.7. The highest BCUT2D eigenvalue weighted by molar-refractivity contribution is 5.82. The third-order valence-corrected chi connectivity index (χ3v) is 7.98. The van der Waals surface area contributed by atoms with Gasteiger partial charge in [0.05, 0.1) is 12.2 Å². The fraction of sp³-hybridized carbons (Fsp3) is 0.929. The van der Waals surface area contributed by atoms with Crippen LogP contribution in [-0.2, 0) is 19.1 Å². The zero-order valence-electron chi connectivity index (χ0n) is 22.3. The number of piperidine rings is 2. The largest absolute Gasteiger partial charge is 0.378 e. The fourth-order valence-corrected chi connectivity index (χ4v) is 5.58. The Kier molecular flexibility index (Phi) is 11.2. The molecule has 1 saturated carbocycles. The minimum atomic E-state index is 0.0121. The molecule has 0 radical (unpaired) electrons. The predicted molar refractivity (Wildman–Crippen MR) is 135 cm³/mol. The van der Waals surface area contributed by atoms with Gasteiger partial charge in [0.15, 0.2) is 0 Å². The first-order valence-electron chi connectivity index (χ1n) is 14.1. The lowest BCUT2D eigenvalue weighted by Crippen LogP contribution is -2.47. The number of amides is 2. The highest BCUT2D eigenvalue weighted by atomic mass is 16.5. The van der Waals surface area contributed by atoms with Gasteiger partial charge in [-0.15, -0.1) is 0 Å². The van der Waals surface area contributed by atoms with Gasteiger partial charge in [0.25, 0.3) is 0 Å². The van der Waals surface area contributed by atoms with Crippen LogP contribution in [0.4, 0.5) is 0 Å². The molecule has 2 unspecified atom stereocenters. The fourth-order valence-electron chi connectivity index (χ4n) is 5.58. The second-order valence-electron chi connectivity index (χ2n) is 11.7. The van der Waals surface area contributed by atoms with Crippen molar-refractivity contribution in [3.63, 3.8) is 0 Å². The van der Waals surface area contributed by atoms with Crippen LogP contribution in [0.5, 0.6) is 0 Å². The Morgan fingerprint density at radius 2 is 1.06 bits per heavy atom. The van der Waals surface area contributed by atoms with Crippen molar-refractivity contribution in [3.05, 3.63) is 0 Å². The maximum atomic E-state index is 13.2. The Morgan fingerprint density at radius 1 is 0.676 bits per heavy atom. The zero-order valence-corrected chi connectivity index (χ0v) is 22.3. The van der Waals surface area contributed by atoms with Crippen LogP contribution >= 0.6 is 0 Å². The quantitative estimate of drug-likeness (QED) is 0.448. The molecule has 6 heteroatoms. The standard InChI is InChI=1S/C28H50N2O4/c1-21(2)12-18-33-25-8-14-29(15-9-25)27(31)23-6-5-7-24(20-23)28(32)30-16-10-26(11-17-30)34-19-13-22(3)4/h21-26H,5-20H2,1-4H3. The van der Waals surface area contributed by atoms with E-state index in [2.05, 4.69) is 27.7 Å². The summed E-state index contributed by atoms with van der Waals surface area (Å²) in [5.41, 5.74) is 0. The Labute approximate surface area is 208 Å². The minimum absolute atomic E-state index is 0.0121. The van der Waals surface area contributed by atoms with Gasteiger partial charge in [0, 0.05) is 51.2 Å². The molecule has 3 rings (SSSR count). The lowest BCUT2D eigenvalue weighted by molar-refractivity contribution is -0.144. The van der Waals surface area contributed by atoms with Crippen LogP contribution in [0.15, 0.2) is 0 Å². The predicted octanol–water partition coefficient (Wildman–Crippen LogP) is 4.90. The number of hydrogen-bond acceptors (Lipinski definition) is 4. The summed E-state index contributed by atoms with van der Waals surface area (Å²) in [4.78, 5) is 30.6. The lowest BCUT2D eigenvalue weighted by atomic mass is 9.79. The molecule has 0 aromatic carbocycles. The van der Waals surface area contributed by atoms with Crippen LogP contribution in [0, 0.1) is 23.7 Å². The Bertz CT molecular complexity index is 570. The van der Waals surface area contributed by atoms with E-state index in [1.54, 1.807) is 0 Å². The molecule has 196 valence electrons. The molecule has 0 aromatic rings. The van der Waals surface area contributed by atoms with E-state index in [0.29, 0.717) is 24.0 Å². The molecule has 1 aliphatic carbocycles. The number of ether oxygens (including phenoxy) is 2. The van der Waals surface area contributed by atoms with E-state index in [0.717, 1.165) is 104 Å². The first-order chi connectivity index (χ1) is 16.3. The molecule has 2 saturated heterocycles. The SMILES string of the molecule is CC(C)CCOC1CCN(C(=O)C2CCCC(C(=O)N3CCC(OCCC(C)C)CC3)C2)CC1. The molecule has 0 bridgehead atoms. The number of nitrogens with zero attached hydrogens (tertiary/aromatic N) is 2. The van der Waals surface area contributed by atoms with E-state index in [4.69, 9.17) is 9.47 Å². The molecule has 2 atom stereocenters. The highest BCUT2D eigenvalue weighted by Crippen LogP contribution is 2.33. The molecule has 2 amide bonds. The van der Waals surface area contributed by atoms with Gasteiger partial charge in [-0.2, -0.15) is 0 Å². The Balaban J connectivity index is 1.38. The van der Waals surface area contributed by atoms with E-state index in [1.165, 1.54) is 0 Å². The van der Waals surface area contributed by atoms with Crippen molar-refractivity contribution in [3.8, 4) is 0 Å². The molecular weight excluding hydrogens is 428 g/mol. The third kappa shape index (κ3) is 8.51. The van der Waals surface area contributed by atoms with Crippen LogP contribution < -0.4 is 0 Å². The molecule has 2 heterocycles. The normalized spacial score (nSPS) is 25.4. The number of carbonyl (C=O) groups excluding carboxylic acids is 2. The summed E-state index contributed by atoms with van der Waals surface area (Å²) in [7, 11) is 0. The molecule has 0 aromatic heterocycles. The molecular formula is C28H50N2O4. The lowest BCUT2D eigenvalue weighted by Gasteiger charge is -2.38. The first kappa shape index (κ1) is 27.4. The summed E-state index contributed by atoms with van der Waals surface area (Å²) in [5, 5.41) is 0. The van der Waals surface area contributed by atoms with E-state index in [9.17, 15) is 9.59 Å². The van der Waals surface area contributed by atoms with Gasteiger partial charge in [-0.25, -0.2) is 0 Å². The zero-order chi connectivity index (χ0) is 24.5.